The maximum Gasteiger partial charge on any atom is 0.341 e. The van der Waals surface area contributed by atoms with Crippen LogP contribution in [-0.2, 0) is 11.3 Å². The molecule has 6 heteroatoms. The molecule has 0 fully saturated rings. The molecule has 0 aliphatic heterocycles. The third-order valence-electron chi connectivity index (χ3n) is 2.83. The van der Waals surface area contributed by atoms with E-state index in [1.807, 2.05) is 13.8 Å². The molecule has 0 saturated carbocycles. The van der Waals surface area contributed by atoms with Crippen molar-refractivity contribution in [1.29, 1.82) is 0 Å². The summed E-state index contributed by atoms with van der Waals surface area (Å²) in [4.78, 5) is 24.2. The molecule has 0 atom stereocenters. The Morgan fingerprint density at radius 1 is 1.50 bits per heavy atom. The summed E-state index contributed by atoms with van der Waals surface area (Å²) in [6.07, 6.45) is 1.42. The summed E-state index contributed by atoms with van der Waals surface area (Å²) in [6.45, 7) is 4.00. The lowest BCUT2D eigenvalue weighted by molar-refractivity contribution is 0.0598. The van der Waals surface area contributed by atoms with Crippen LogP contribution in [0.1, 0.15) is 26.7 Å². The molecule has 0 radical (unpaired) electrons. The van der Waals surface area contributed by atoms with Crippen LogP contribution in [0.4, 0.5) is 0 Å². The third-order valence-corrected chi connectivity index (χ3v) is 3.82. The van der Waals surface area contributed by atoms with Crippen molar-refractivity contribution < 1.29 is 13.9 Å². The summed E-state index contributed by atoms with van der Waals surface area (Å²) in [5.41, 5.74) is 1.24. The van der Waals surface area contributed by atoms with Crippen LogP contribution in [0.5, 0.6) is 0 Å². The van der Waals surface area contributed by atoms with Gasteiger partial charge in [0.25, 0.3) is 0 Å². The lowest BCUT2D eigenvalue weighted by Crippen LogP contribution is -2.16. The van der Waals surface area contributed by atoms with Crippen LogP contribution in [0, 0.1) is 13.8 Å². The van der Waals surface area contributed by atoms with E-state index in [1.54, 1.807) is 10.6 Å². The molecule has 0 spiro atoms. The molecular formula is C12H13NO4S. The van der Waals surface area contributed by atoms with Crippen LogP contribution in [0.3, 0.4) is 0 Å². The van der Waals surface area contributed by atoms with Crippen molar-refractivity contribution in [2.75, 3.05) is 7.11 Å². The van der Waals surface area contributed by atoms with Crippen LogP contribution in [-0.4, -0.2) is 17.6 Å². The zero-order valence-corrected chi connectivity index (χ0v) is 11.2. The number of esters is 1. The highest BCUT2D eigenvalue weighted by Crippen LogP contribution is 2.16. The summed E-state index contributed by atoms with van der Waals surface area (Å²) in [5.74, 6) is -0.0266. The molecule has 0 bridgehead atoms. The van der Waals surface area contributed by atoms with Gasteiger partial charge in [-0.2, -0.15) is 0 Å². The largest absolute Gasteiger partial charge is 0.467 e. The van der Waals surface area contributed by atoms with Crippen molar-refractivity contribution in [3.8, 4) is 0 Å². The summed E-state index contributed by atoms with van der Waals surface area (Å²) >= 11 is 1.19. The Bertz CT molecular complexity index is 635. The number of carbonyl (C=O) groups is 1. The summed E-state index contributed by atoms with van der Waals surface area (Å²) in [7, 11) is 1.31. The van der Waals surface area contributed by atoms with Gasteiger partial charge in [-0.15, -0.1) is 0 Å². The quantitative estimate of drug-likeness (QED) is 0.797. The van der Waals surface area contributed by atoms with Gasteiger partial charge in [-0.1, -0.05) is 11.3 Å². The Morgan fingerprint density at radius 2 is 2.22 bits per heavy atom. The van der Waals surface area contributed by atoms with E-state index in [9.17, 15) is 9.59 Å². The summed E-state index contributed by atoms with van der Waals surface area (Å²) in [5, 5.41) is 0. The molecule has 2 aromatic heterocycles. The van der Waals surface area contributed by atoms with Gasteiger partial charge in [-0.05, 0) is 19.9 Å². The molecule has 2 heterocycles. The van der Waals surface area contributed by atoms with E-state index in [0.717, 1.165) is 10.6 Å². The molecule has 0 unspecified atom stereocenters. The first-order valence-corrected chi connectivity index (χ1v) is 6.17. The number of hydrogen-bond acceptors (Lipinski definition) is 5. The van der Waals surface area contributed by atoms with Gasteiger partial charge in [-0.3, -0.25) is 9.36 Å². The number of hydrogen-bond donors (Lipinski definition) is 0. The minimum absolute atomic E-state index is 0.0581. The number of aromatic nitrogens is 1. The zero-order valence-electron chi connectivity index (χ0n) is 10.4. The average molecular weight is 267 g/mol. The van der Waals surface area contributed by atoms with Crippen molar-refractivity contribution in [3.05, 3.63) is 43.9 Å². The maximum atomic E-state index is 11.8. The first-order chi connectivity index (χ1) is 8.54. The lowest BCUT2D eigenvalue weighted by atomic mass is 10.2. The monoisotopic (exact) mass is 267 g/mol. The van der Waals surface area contributed by atoms with Gasteiger partial charge < -0.3 is 9.15 Å². The highest BCUT2D eigenvalue weighted by atomic mass is 32.1. The molecule has 96 valence electrons. The second-order valence-electron chi connectivity index (χ2n) is 3.84. The highest BCUT2D eigenvalue weighted by Gasteiger charge is 2.17. The minimum atomic E-state index is -0.462. The second kappa shape index (κ2) is 4.81. The Morgan fingerprint density at radius 3 is 2.78 bits per heavy atom. The molecule has 2 rings (SSSR count). The summed E-state index contributed by atoms with van der Waals surface area (Å²) in [6, 6.07) is 1.54. The van der Waals surface area contributed by atoms with Crippen molar-refractivity contribution in [3.63, 3.8) is 0 Å². The predicted octanol–water partition coefficient (Wildman–Crippen LogP) is 1.95. The van der Waals surface area contributed by atoms with E-state index in [1.165, 1.54) is 24.7 Å². The molecular weight excluding hydrogens is 254 g/mol. The Balaban J connectivity index is 2.38. The molecule has 5 nitrogen and oxygen atoms in total. The van der Waals surface area contributed by atoms with E-state index < -0.39 is 5.97 Å². The normalized spacial score (nSPS) is 10.6. The minimum Gasteiger partial charge on any atom is -0.467 e. The van der Waals surface area contributed by atoms with Crippen molar-refractivity contribution in [2.45, 2.75) is 20.4 Å². The standard InChI is InChI=1S/C12H13NO4S/c1-7-8(2)18-12(15)13(7)6-10-9(4-5-17-10)11(14)16-3/h4-5H,6H2,1-3H3. The van der Waals surface area contributed by atoms with Gasteiger partial charge in [0, 0.05) is 10.6 Å². The van der Waals surface area contributed by atoms with E-state index >= 15 is 0 Å². The van der Waals surface area contributed by atoms with Crippen molar-refractivity contribution >= 4 is 17.3 Å². The van der Waals surface area contributed by atoms with Crippen LogP contribution in [0.2, 0.25) is 0 Å². The molecule has 0 aromatic carbocycles. The van der Waals surface area contributed by atoms with Gasteiger partial charge in [0.2, 0.25) is 0 Å². The zero-order chi connectivity index (χ0) is 13.3. The van der Waals surface area contributed by atoms with Crippen molar-refractivity contribution in [1.82, 2.24) is 4.57 Å². The number of aryl methyl sites for hydroxylation is 1. The topological polar surface area (TPSA) is 61.4 Å². The van der Waals surface area contributed by atoms with Crippen molar-refractivity contribution in [2.24, 2.45) is 0 Å². The molecule has 0 aliphatic carbocycles. The molecule has 18 heavy (non-hydrogen) atoms. The molecule has 0 N–H and O–H groups in total. The van der Waals surface area contributed by atoms with Crippen LogP contribution >= 0.6 is 11.3 Å². The maximum absolute atomic E-state index is 11.8. The van der Waals surface area contributed by atoms with Gasteiger partial charge in [-0.25, -0.2) is 4.79 Å². The lowest BCUT2D eigenvalue weighted by Gasteiger charge is -2.04. The SMILES string of the molecule is COC(=O)c1ccoc1Cn1c(C)c(C)sc1=O. The van der Waals surface area contributed by atoms with Crippen LogP contribution in [0.25, 0.3) is 0 Å². The van der Waals surface area contributed by atoms with Gasteiger partial charge in [0.05, 0.1) is 19.9 Å². The predicted molar refractivity (Wildman–Crippen MR) is 67.2 cm³/mol. The first-order valence-electron chi connectivity index (χ1n) is 5.36. The summed E-state index contributed by atoms with van der Waals surface area (Å²) < 4.78 is 11.5. The van der Waals surface area contributed by atoms with E-state index in [-0.39, 0.29) is 11.4 Å². The third kappa shape index (κ3) is 2.11. The molecule has 0 amide bonds. The number of ether oxygens (including phenoxy) is 1. The van der Waals surface area contributed by atoms with E-state index in [4.69, 9.17) is 4.42 Å². The second-order valence-corrected chi connectivity index (χ2v) is 5.01. The number of carbonyl (C=O) groups excluding carboxylic acids is 1. The Hall–Kier alpha value is -1.82. The highest BCUT2D eigenvalue weighted by molar-refractivity contribution is 7.09. The number of methoxy groups -OCH3 is 1. The van der Waals surface area contributed by atoms with Gasteiger partial charge in [0.1, 0.15) is 11.3 Å². The smallest absolute Gasteiger partial charge is 0.341 e. The average Bonchev–Trinajstić information content (AvgIpc) is 2.89. The number of rotatable bonds is 3. The van der Waals surface area contributed by atoms with E-state index in [0.29, 0.717) is 11.3 Å². The van der Waals surface area contributed by atoms with Gasteiger partial charge in [0.15, 0.2) is 0 Å². The Labute approximate surface area is 108 Å². The number of thiazole rings is 1. The van der Waals surface area contributed by atoms with Gasteiger partial charge >= 0.3 is 10.8 Å². The number of nitrogens with zero attached hydrogens (tertiary/aromatic N) is 1. The first kappa shape index (κ1) is 12.6. The molecule has 0 aliphatic rings. The fourth-order valence-electron chi connectivity index (χ4n) is 1.67. The van der Waals surface area contributed by atoms with Crippen LogP contribution < -0.4 is 4.87 Å². The van der Waals surface area contributed by atoms with Crippen LogP contribution in [0.15, 0.2) is 21.5 Å². The Kier molecular flexibility index (Phi) is 3.38. The fraction of sp³-hybridized carbons (Fsp3) is 0.333. The molecule has 2 aromatic rings. The number of furan rings is 1. The van der Waals surface area contributed by atoms with E-state index in [2.05, 4.69) is 4.74 Å². The fourth-order valence-corrected chi connectivity index (χ4v) is 2.50. The molecule has 0 saturated heterocycles.